The lowest BCUT2D eigenvalue weighted by atomic mass is 10.1. The van der Waals surface area contributed by atoms with E-state index >= 15 is 0 Å². The molecule has 1 amide bonds. The highest BCUT2D eigenvalue weighted by Crippen LogP contribution is 2.31. The summed E-state index contributed by atoms with van der Waals surface area (Å²) in [5.74, 6) is -0.781. The second-order valence-electron chi connectivity index (χ2n) is 5.21. The third-order valence-electron chi connectivity index (χ3n) is 3.27. The predicted molar refractivity (Wildman–Crippen MR) is 80.7 cm³/mol. The van der Waals surface area contributed by atoms with E-state index in [-0.39, 0.29) is 24.5 Å². The van der Waals surface area contributed by atoms with Gasteiger partial charge in [-0.05, 0) is 36.4 Å². The summed E-state index contributed by atoms with van der Waals surface area (Å²) in [6.45, 7) is -0.239. The van der Waals surface area contributed by atoms with Gasteiger partial charge >= 0.3 is 12.4 Å². The van der Waals surface area contributed by atoms with Crippen molar-refractivity contribution in [2.45, 2.75) is 12.4 Å². The van der Waals surface area contributed by atoms with Crippen molar-refractivity contribution < 1.29 is 35.9 Å². The van der Waals surface area contributed by atoms with Crippen LogP contribution in [0.25, 0.3) is 0 Å². The summed E-state index contributed by atoms with van der Waals surface area (Å²) < 4.78 is 80.7. The van der Waals surface area contributed by atoms with Crippen molar-refractivity contribution in [1.29, 1.82) is 0 Å². The quantitative estimate of drug-likeness (QED) is 0.614. The molecule has 2 aromatic carbocycles. The first kappa shape index (κ1) is 19.6. The number of benzene rings is 2. The Hall–Kier alpha value is -2.71. The van der Waals surface area contributed by atoms with Crippen molar-refractivity contribution in [1.82, 2.24) is 5.32 Å². The number of halogens is 6. The molecule has 140 valence electrons. The van der Waals surface area contributed by atoms with Crippen LogP contribution in [0.1, 0.15) is 21.5 Å². The number of carbonyl (C=O) groups excluding carboxylic acids is 1. The van der Waals surface area contributed by atoms with Crippen LogP contribution >= 0.6 is 0 Å². The lowest BCUT2D eigenvalue weighted by molar-refractivity contribution is -0.138. The summed E-state index contributed by atoms with van der Waals surface area (Å²) in [4.78, 5) is 11.8. The van der Waals surface area contributed by atoms with E-state index in [1.54, 1.807) is 0 Å². The molecule has 0 atom stereocenters. The fourth-order valence-corrected chi connectivity index (χ4v) is 2.03. The Bertz CT molecular complexity index is 770. The normalized spacial score (nSPS) is 11.9. The van der Waals surface area contributed by atoms with Crippen molar-refractivity contribution in [2.75, 3.05) is 13.2 Å². The van der Waals surface area contributed by atoms with Crippen LogP contribution in [0.5, 0.6) is 5.75 Å². The molecule has 0 fully saturated rings. The van der Waals surface area contributed by atoms with Gasteiger partial charge < -0.3 is 10.1 Å². The molecular formula is C17H13F6NO2. The molecule has 1 N–H and O–H groups in total. The average molecular weight is 377 g/mol. The van der Waals surface area contributed by atoms with E-state index in [1.165, 1.54) is 18.2 Å². The number of ether oxygens (including phenoxy) is 1. The number of alkyl halides is 6. The number of rotatable bonds is 5. The van der Waals surface area contributed by atoms with Crippen LogP contribution in [0.4, 0.5) is 26.3 Å². The van der Waals surface area contributed by atoms with E-state index in [1.807, 2.05) is 0 Å². The van der Waals surface area contributed by atoms with Crippen molar-refractivity contribution in [3.05, 3.63) is 65.2 Å². The van der Waals surface area contributed by atoms with Crippen LogP contribution in [0.15, 0.2) is 48.5 Å². The Labute approximate surface area is 144 Å². The minimum Gasteiger partial charge on any atom is -0.492 e. The number of carbonyl (C=O) groups is 1. The summed E-state index contributed by atoms with van der Waals surface area (Å²) in [6, 6.07) is 8.09. The molecule has 0 aromatic heterocycles. The maximum Gasteiger partial charge on any atom is 0.416 e. The Morgan fingerprint density at radius 2 is 1.46 bits per heavy atom. The second kappa shape index (κ2) is 7.67. The summed E-state index contributed by atoms with van der Waals surface area (Å²) in [5, 5.41) is 2.34. The summed E-state index contributed by atoms with van der Waals surface area (Å²) >= 11 is 0. The van der Waals surface area contributed by atoms with Gasteiger partial charge in [-0.25, -0.2) is 0 Å². The fourth-order valence-electron chi connectivity index (χ4n) is 2.03. The maximum absolute atomic E-state index is 12.6. The predicted octanol–water partition coefficient (Wildman–Crippen LogP) is 4.53. The Morgan fingerprint density at radius 3 is 2.08 bits per heavy atom. The molecule has 0 unspecified atom stereocenters. The van der Waals surface area contributed by atoms with Gasteiger partial charge in [-0.1, -0.05) is 12.1 Å². The molecule has 2 aromatic rings. The van der Waals surface area contributed by atoms with Crippen LogP contribution in [-0.4, -0.2) is 19.1 Å². The SMILES string of the molecule is O=C(NCCOc1cccc(C(F)(F)F)c1)c1cccc(C(F)(F)F)c1. The van der Waals surface area contributed by atoms with Gasteiger partial charge in [0.1, 0.15) is 12.4 Å². The van der Waals surface area contributed by atoms with Gasteiger partial charge in [-0.3, -0.25) is 4.79 Å². The number of hydrogen-bond donors (Lipinski definition) is 1. The molecule has 0 saturated heterocycles. The zero-order chi connectivity index (χ0) is 19.4. The van der Waals surface area contributed by atoms with Crippen molar-refractivity contribution in [3.8, 4) is 5.75 Å². The molecule has 0 saturated carbocycles. The van der Waals surface area contributed by atoms with Gasteiger partial charge in [-0.2, -0.15) is 26.3 Å². The largest absolute Gasteiger partial charge is 0.492 e. The van der Waals surface area contributed by atoms with Gasteiger partial charge in [0.2, 0.25) is 0 Å². The lowest BCUT2D eigenvalue weighted by Gasteiger charge is -2.11. The van der Waals surface area contributed by atoms with E-state index < -0.39 is 29.4 Å². The van der Waals surface area contributed by atoms with Crippen LogP contribution in [0.2, 0.25) is 0 Å². The minimum atomic E-state index is -4.57. The maximum atomic E-state index is 12.6. The molecule has 2 rings (SSSR count). The molecule has 3 nitrogen and oxygen atoms in total. The molecule has 0 aliphatic heterocycles. The third kappa shape index (κ3) is 5.40. The van der Waals surface area contributed by atoms with Crippen LogP contribution in [0.3, 0.4) is 0 Å². The topological polar surface area (TPSA) is 38.3 Å². The fraction of sp³-hybridized carbons (Fsp3) is 0.235. The highest BCUT2D eigenvalue weighted by molar-refractivity contribution is 5.94. The zero-order valence-corrected chi connectivity index (χ0v) is 13.1. The van der Waals surface area contributed by atoms with Gasteiger partial charge in [0.05, 0.1) is 17.7 Å². The number of nitrogens with one attached hydrogen (secondary N) is 1. The van der Waals surface area contributed by atoms with Crippen molar-refractivity contribution in [2.24, 2.45) is 0 Å². The van der Waals surface area contributed by atoms with Crippen molar-refractivity contribution >= 4 is 5.91 Å². The summed E-state index contributed by atoms with van der Waals surface area (Å²) in [5.41, 5.74) is -2.01. The number of hydrogen-bond acceptors (Lipinski definition) is 2. The van der Waals surface area contributed by atoms with E-state index in [2.05, 4.69) is 5.32 Å². The van der Waals surface area contributed by atoms with Gasteiger partial charge in [0, 0.05) is 5.56 Å². The molecule has 26 heavy (non-hydrogen) atoms. The molecule has 0 aliphatic rings. The second-order valence-corrected chi connectivity index (χ2v) is 5.21. The van der Waals surface area contributed by atoms with Crippen LogP contribution < -0.4 is 10.1 Å². The van der Waals surface area contributed by atoms with E-state index in [4.69, 9.17) is 4.74 Å². The zero-order valence-electron chi connectivity index (χ0n) is 13.1. The Morgan fingerprint density at radius 1 is 0.885 bits per heavy atom. The first-order valence-electron chi connectivity index (χ1n) is 7.33. The third-order valence-corrected chi connectivity index (χ3v) is 3.27. The highest BCUT2D eigenvalue weighted by atomic mass is 19.4. The van der Waals surface area contributed by atoms with Gasteiger partial charge in [0.25, 0.3) is 5.91 Å². The Balaban J connectivity index is 1.88. The molecule has 0 radical (unpaired) electrons. The van der Waals surface area contributed by atoms with Crippen LogP contribution in [-0.2, 0) is 12.4 Å². The molecule has 0 heterocycles. The monoisotopic (exact) mass is 377 g/mol. The molecule has 0 aliphatic carbocycles. The molecule has 9 heteroatoms. The first-order chi connectivity index (χ1) is 12.1. The van der Waals surface area contributed by atoms with E-state index in [0.29, 0.717) is 6.07 Å². The highest BCUT2D eigenvalue weighted by Gasteiger charge is 2.31. The van der Waals surface area contributed by atoms with Crippen LogP contribution in [0, 0.1) is 0 Å². The summed E-state index contributed by atoms with van der Waals surface area (Å²) in [7, 11) is 0. The minimum absolute atomic E-state index is 0.0341. The van der Waals surface area contributed by atoms with Gasteiger partial charge in [-0.15, -0.1) is 0 Å². The Kier molecular flexibility index (Phi) is 5.79. The number of amides is 1. The smallest absolute Gasteiger partial charge is 0.416 e. The standard InChI is InChI=1S/C17H13F6NO2/c18-16(19,20)12-4-1-3-11(9-12)15(25)24-7-8-26-14-6-2-5-13(10-14)17(21,22)23/h1-6,9-10H,7-8H2,(H,24,25). The molecule has 0 spiro atoms. The lowest BCUT2D eigenvalue weighted by Crippen LogP contribution is -2.28. The average Bonchev–Trinajstić information content (AvgIpc) is 2.57. The van der Waals surface area contributed by atoms with Crippen molar-refractivity contribution in [3.63, 3.8) is 0 Å². The van der Waals surface area contributed by atoms with Gasteiger partial charge in [0.15, 0.2) is 0 Å². The van der Waals surface area contributed by atoms with E-state index in [0.717, 1.165) is 24.3 Å². The summed E-state index contributed by atoms with van der Waals surface area (Å²) in [6.07, 6.45) is -9.07. The molecular weight excluding hydrogens is 364 g/mol. The van der Waals surface area contributed by atoms with E-state index in [9.17, 15) is 31.1 Å². The molecule has 0 bridgehead atoms. The first-order valence-corrected chi connectivity index (χ1v) is 7.33.